The minimum atomic E-state index is -0.324. The lowest BCUT2D eigenvalue weighted by Crippen LogP contribution is -2.36. The van der Waals surface area contributed by atoms with Crippen molar-refractivity contribution in [2.45, 2.75) is 31.7 Å². The molecule has 1 aliphatic rings. The molecule has 1 saturated carbocycles. The van der Waals surface area contributed by atoms with Crippen molar-refractivity contribution >= 4 is 23.5 Å². The van der Waals surface area contributed by atoms with Crippen molar-refractivity contribution in [1.29, 1.82) is 0 Å². The summed E-state index contributed by atoms with van der Waals surface area (Å²) < 4.78 is 12.9. The number of carbonyl (C=O) groups excluding carboxylic acids is 1. The van der Waals surface area contributed by atoms with Gasteiger partial charge in [0.05, 0.1) is 0 Å². The molecule has 1 fully saturated rings. The fourth-order valence-corrected chi connectivity index (χ4v) is 3.31. The van der Waals surface area contributed by atoms with Crippen LogP contribution in [0.4, 0.5) is 26.6 Å². The zero-order valence-corrected chi connectivity index (χ0v) is 16.3. The van der Waals surface area contributed by atoms with Crippen molar-refractivity contribution in [3.63, 3.8) is 0 Å². The molecule has 3 rings (SSSR count). The summed E-state index contributed by atoms with van der Waals surface area (Å²) in [6.07, 6.45) is 5.85. The van der Waals surface area contributed by atoms with Crippen LogP contribution >= 0.6 is 0 Å². The Morgan fingerprint density at radius 2 is 1.86 bits per heavy atom. The van der Waals surface area contributed by atoms with Crippen LogP contribution in [0.3, 0.4) is 0 Å². The Morgan fingerprint density at radius 1 is 1.14 bits per heavy atom. The molecule has 0 bridgehead atoms. The smallest absolute Gasteiger partial charge is 0.319 e. The molecule has 0 radical (unpaired) electrons. The second kappa shape index (κ2) is 9.34. The highest BCUT2D eigenvalue weighted by atomic mass is 19.1. The van der Waals surface area contributed by atoms with E-state index in [1.54, 1.807) is 18.3 Å². The molecule has 0 atom stereocenters. The number of halogens is 1. The van der Waals surface area contributed by atoms with Crippen molar-refractivity contribution in [1.82, 2.24) is 15.3 Å². The van der Waals surface area contributed by atoms with Gasteiger partial charge in [-0.25, -0.2) is 14.2 Å². The molecule has 150 valence electrons. The Balaban J connectivity index is 1.38. The van der Waals surface area contributed by atoms with Gasteiger partial charge in [-0.1, -0.05) is 0 Å². The van der Waals surface area contributed by atoms with E-state index in [1.807, 2.05) is 25.1 Å². The first kappa shape index (κ1) is 19.9. The number of anilines is 3. The van der Waals surface area contributed by atoms with Gasteiger partial charge in [0.25, 0.3) is 0 Å². The summed E-state index contributed by atoms with van der Waals surface area (Å²) in [7, 11) is 3.91. The van der Waals surface area contributed by atoms with Crippen LogP contribution in [0.1, 0.15) is 25.7 Å². The van der Waals surface area contributed by atoms with E-state index in [9.17, 15) is 9.18 Å². The van der Waals surface area contributed by atoms with Crippen LogP contribution in [0.15, 0.2) is 36.5 Å². The number of hydrogen-bond acceptors (Lipinski definition) is 5. The molecule has 0 aliphatic heterocycles. The predicted octanol–water partition coefficient (Wildman–Crippen LogP) is 3.47. The van der Waals surface area contributed by atoms with Gasteiger partial charge in [-0.05, 0) is 61.9 Å². The number of hydrogen-bond donors (Lipinski definition) is 3. The Labute approximate surface area is 164 Å². The topological polar surface area (TPSA) is 82.2 Å². The second-order valence-corrected chi connectivity index (χ2v) is 7.34. The van der Waals surface area contributed by atoms with Crippen molar-refractivity contribution in [3.05, 3.63) is 42.3 Å². The highest BCUT2D eigenvalue weighted by molar-refractivity contribution is 5.89. The van der Waals surface area contributed by atoms with Gasteiger partial charge in [-0.2, -0.15) is 4.98 Å². The molecule has 0 unspecified atom stereocenters. The van der Waals surface area contributed by atoms with E-state index in [1.165, 1.54) is 12.1 Å². The molecule has 1 heterocycles. The molecule has 0 spiro atoms. The van der Waals surface area contributed by atoms with E-state index < -0.39 is 0 Å². The third-order valence-corrected chi connectivity index (χ3v) is 4.93. The summed E-state index contributed by atoms with van der Waals surface area (Å²) in [4.78, 5) is 22.7. The van der Waals surface area contributed by atoms with Gasteiger partial charge in [0.2, 0.25) is 5.95 Å². The van der Waals surface area contributed by atoms with Crippen LogP contribution in [-0.2, 0) is 0 Å². The van der Waals surface area contributed by atoms with Gasteiger partial charge in [0.15, 0.2) is 0 Å². The fourth-order valence-electron chi connectivity index (χ4n) is 3.31. The lowest BCUT2D eigenvalue weighted by Gasteiger charge is -2.29. The summed E-state index contributed by atoms with van der Waals surface area (Å²) in [5.41, 5.74) is 0.576. The maximum atomic E-state index is 12.9. The van der Waals surface area contributed by atoms with E-state index >= 15 is 0 Å². The highest BCUT2D eigenvalue weighted by Gasteiger charge is 2.22. The van der Waals surface area contributed by atoms with Crippen LogP contribution in [0, 0.1) is 11.7 Å². The number of carbonyl (C=O) groups is 1. The maximum absolute atomic E-state index is 12.9. The van der Waals surface area contributed by atoms with Gasteiger partial charge in [-0.3, -0.25) is 0 Å². The minimum Gasteiger partial charge on any atom is -0.363 e. The molecule has 2 amide bonds. The summed E-state index contributed by atoms with van der Waals surface area (Å²) in [5.74, 6) is 1.66. The standard InChI is InChI=1S/C20H27FN6O/c1-27(2)18-11-12-22-19(26-18)24-16-7-3-14(4-8-16)13-23-20(28)25-17-9-5-15(21)6-10-17/h5-6,9-12,14,16H,3-4,7-8,13H2,1-2H3,(H,22,24,26)(H2,23,25,28)/t14-,16+. The molecule has 7 nitrogen and oxygen atoms in total. The third kappa shape index (κ3) is 5.80. The van der Waals surface area contributed by atoms with E-state index in [4.69, 9.17) is 0 Å². The largest absolute Gasteiger partial charge is 0.363 e. The molecular weight excluding hydrogens is 359 g/mol. The molecule has 1 aromatic carbocycles. The van der Waals surface area contributed by atoms with Crippen molar-refractivity contribution in [2.24, 2.45) is 5.92 Å². The number of nitrogens with zero attached hydrogens (tertiary/aromatic N) is 3. The number of urea groups is 1. The molecular formula is C20H27FN6O. The van der Waals surface area contributed by atoms with Crippen LogP contribution < -0.4 is 20.9 Å². The monoisotopic (exact) mass is 386 g/mol. The Kier molecular flexibility index (Phi) is 6.62. The van der Waals surface area contributed by atoms with Crippen molar-refractivity contribution < 1.29 is 9.18 Å². The van der Waals surface area contributed by atoms with Gasteiger partial charge < -0.3 is 20.9 Å². The Bertz CT molecular complexity index is 775. The van der Waals surface area contributed by atoms with Crippen LogP contribution in [0.2, 0.25) is 0 Å². The lowest BCUT2D eigenvalue weighted by molar-refractivity contribution is 0.246. The van der Waals surface area contributed by atoms with E-state index in [2.05, 4.69) is 25.9 Å². The normalized spacial score (nSPS) is 19.0. The van der Waals surface area contributed by atoms with Gasteiger partial charge in [0, 0.05) is 38.6 Å². The molecule has 1 aromatic heterocycles. The molecule has 0 saturated heterocycles. The molecule has 3 N–H and O–H groups in total. The molecule has 1 aliphatic carbocycles. The first-order valence-electron chi connectivity index (χ1n) is 9.57. The summed E-state index contributed by atoms with van der Waals surface area (Å²) in [6.45, 7) is 0.631. The first-order valence-corrected chi connectivity index (χ1v) is 9.57. The first-order chi connectivity index (χ1) is 13.5. The number of aromatic nitrogens is 2. The van der Waals surface area contributed by atoms with Gasteiger partial charge >= 0.3 is 6.03 Å². The molecule has 8 heteroatoms. The number of nitrogens with one attached hydrogen (secondary N) is 3. The second-order valence-electron chi connectivity index (χ2n) is 7.34. The fraction of sp³-hybridized carbons (Fsp3) is 0.450. The van der Waals surface area contributed by atoms with E-state index in [0.29, 0.717) is 30.1 Å². The van der Waals surface area contributed by atoms with E-state index in [0.717, 1.165) is 31.5 Å². The predicted molar refractivity (Wildman–Crippen MR) is 109 cm³/mol. The van der Waals surface area contributed by atoms with Crippen LogP contribution in [0.5, 0.6) is 0 Å². The summed E-state index contributed by atoms with van der Waals surface area (Å²) in [5, 5.41) is 9.04. The van der Waals surface area contributed by atoms with Crippen molar-refractivity contribution in [3.8, 4) is 0 Å². The number of rotatable bonds is 6. The minimum absolute atomic E-state index is 0.263. The Hall–Kier alpha value is -2.90. The van der Waals surface area contributed by atoms with Gasteiger partial charge in [-0.15, -0.1) is 0 Å². The zero-order chi connectivity index (χ0) is 19.9. The van der Waals surface area contributed by atoms with Crippen LogP contribution in [-0.4, -0.2) is 42.7 Å². The maximum Gasteiger partial charge on any atom is 0.319 e. The highest BCUT2D eigenvalue weighted by Crippen LogP contribution is 2.25. The van der Waals surface area contributed by atoms with Gasteiger partial charge in [0.1, 0.15) is 11.6 Å². The third-order valence-electron chi connectivity index (χ3n) is 4.93. The SMILES string of the molecule is CN(C)c1ccnc(N[C@H]2CC[C@@H](CNC(=O)Nc3ccc(F)cc3)CC2)n1. The number of benzene rings is 1. The summed E-state index contributed by atoms with van der Waals surface area (Å²) in [6, 6.07) is 7.69. The summed E-state index contributed by atoms with van der Waals surface area (Å²) >= 11 is 0. The quantitative estimate of drug-likeness (QED) is 0.708. The molecule has 28 heavy (non-hydrogen) atoms. The average molecular weight is 386 g/mol. The van der Waals surface area contributed by atoms with Crippen LogP contribution in [0.25, 0.3) is 0 Å². The Morgan fingerprint density at radius 3 is 2.54 bits per heavy atom. The average Bonchev–Trinajstić information content (AvgIpc) is 2.69. The number of amides is 2. The van der Waals surface area contributed by atoms with E-state index in [-0.39, 0.29) is 11.8 Å². The van der Waals surface area contributed by atoms with Crippen molar-refractivity contribution in [2.75, 3.05) is 36.2 Å². The lowest BCUT2D eigenvalue weighted by atomic mass is 9.86. The molecule has 2 aromatic rings. The zero-order valence-electron chi connectivity index (χ0n) is 16.3.